The Balaban J connectivity index is 1.93. The molecule has 0 aliphatic carbocycles. The zero-order valence-electron chi connectivity index (χ0n) is 13.2. The Morgan fingerprint density at radius 1 is 1.35 bits per heavy atom. The Morgan fingerprint density at radius 3 is 2.65 bits per heavy atom. The maximum atomic E-state index is 12.1. The average molecular weight is 322 g/mol. The molecule has 1 heterocycles. The monoisotopic (exact) mass is 322 g/mol. The van der Waals surface area contributed by atoms with Crippen LogP contribution >= 0.6 is 0 Å². The lowest BCUT2D eigenvalue weighted by Gasteiger charge is -2.23. The molecule has 126 valence electrons. The van der Waals surface area contributed by atoms with Crippen LogP contribution in [-0.2, 0) is 14.3 Å². The highest BCUT2D eigenvalue weighted by molar-refractivity contribution is 5.84. The van der Waals surface area contributed by atoms with Crippen LogP contribution in [0.5, 0.6) is 5.75 Å². The molecule has 1 amide bonds. The summed E-state index contributed by atoms with van der Waals surface area (Å²) in [4.78, 5) is 24.6. The average Bonchev–Trinajstić information content (AvgIpc) is 3.05. The number of carbonyl (C=O) groups excluding carboxylic acids is 1. The molecule has 2 rings (SSSR count). The minimum Gasteiger partial charge on any atom is -0.497 e. The Hall–Kier alpha value is -2.28. The zero-order valence-corrected chi connectivity index (χ0v) is 13.2. The second-order valence-electron chi connectivity index (χ2n) is 5.39. The van der Waals surface area contributed by atoms with Gasteiger partial charge < -0.3 is 24.8 Å². The van der Waals surface area contributed by atoms with Crippen molar-refractivity contribution in [2.24, 2.45) is 0 Å². The lowest BCUT2D eigenvalue weighted by molar-refractivity contribution is -0.135. The van der Waals surface area contributed by atoms with Crippen LogP contribution in [0.15, 0.2) is 24.3 Å². The van der Waals surface area contributed by atoms with Crippen LogP contribution < -0.4 is 15.0 Å². The zero-order chi connectivity index (χ0) is 16.7. The first kappa shape index (κ1) is 17.1. The number of amides is 1. The van der Waals surface area contributed by atoms with Gasteiger partial charge in [-0.15, -0.1) is 0 Å². The molecule has 1 saturated heterocycles. The largest absolute Gasteiger partial charge is 0.497 e. The lowest BCUT2D eigenvalue weighted by atomic mass is 10.2. The molecule has 7 nitrogen and oxygen atoms in total. The summed E-state index contributed by atoms with van der Waals surface area (Å²) in [5.41, 5.74) is 0.653. The molecule has 0 spiro atoms. The van der Waals surface area contributed by atoms with Crippen LogP contribution in [0.3, 0.4) is 0 Å². The number of benzene rings is 1. The van der Waals surface area contributed by atoms with Crippen LogP contribution in [0.25, 0.3) is 0 Å². The van der Waals surface area contributed by atoms with E-state index < -0.39 is 5.97 Å². The van der Waals surface area contributed by atoms with Crippen molar-refractivity contribution in [2.75, 3.05) is 38.3 Å². The molecule has 1 atom stereocenters. The standard InChI is InChI=1S/C16H22N2O5/c1-22-13-6-4-12(5-7-13)18(11-16(20)21)10-15(19)17-9-14-3-2-8-23-14/h4-7,14H,2-3,8-11H2,1H3,(H,17,19)(H,20,21)/t14-/m1/s1. The second kappa shape index (κ2) is 8.38. The molecule has 23 heavy (non-hydrogen) atoms. The summed E-state index contributed by atoms with van der Waals surface area (Å²) in [7, 11) is 1.56. The number of carboxylic acid groups (broad SMARTS) is 1. The number of hydrogen-bond acceptors (Lipinski definition) is 5. The molecule has 1 fully saturated rings. The predicted molar refractivity (Wildman–Crippen MR) is 84.8 cm³/mol. The molecule has 0 saturated carbocycles. The number of ether oxygens (including phenoxy) is 2. The summed E-state index contributed by atoms with van der Waals surface area (Å²) < 4.78 is 10.5. The van der Waals surface area contributed by atoms with Gasteiger partial charge in [-0.2, -0.15) is 0 Å². The molecule has 0 unspecified atom stereocenters. The molecule has 0 aromatic heterocycles. The van der Waals surface area contributed by atoms with Gasteiger partial charge in [-0.25, -0.2) is 0 Å². The van der Waals surface area contributed by atoms with Gasteiger partial charge in [-0.1, -0.05) is 0 Å². The molecular formula is C16H22N2O5. The topological polar surface area (TPSA) is 88.1 Å². The van der Waals surface area contributed by atoms with Gasteiger partial charge >= 0.3 is 5.97 Å². The van der Waals surface area contributed by atoms with Gasteiger partial charge in [0, 0.05) is 18.8 Å². The minimum atomic E-state index is -0.993. The molecule has 0 bridgehead atoms. The molecule has 7 heteroatoms. The van der Waals surface area contributed by atoms with Gasteiger partial charge in [-0.05, 0) is 37.1 Å². The quantitative estimate of drug-likeness (QED) is 0.739. The number of nitrogens with zero attached hydrogens (tertiary/aromatic N) is 1. The van der Waals surface area contributed by atoms with Crippen molar-refractivity contribution in [2.45, 2.75) is 18.9 Å². The molecule has 1 aromatic carbocycles. The van der Waals surface area contributed by atoms with E-state index in [0.717, 1.165) is 19.4 Å². The van der Waals surface area contributed by atoms with E-state index in [2.05, 4.69) is 5.32 Å². The number of aliphatic carboxylic acids is 1. The second-order valence-corrected chi connectivity index (χ2v) is 5.39. The summed E-state index contributed by atoms with van der Waals surface area (Å²) in [6, 6.07) is 6.92. The van der Waals surface area contributed by atoms with Crippen molar-refractivity contribution in [3.63, 3.8) is 0 Å². The van der Waals surface area contributed by atoms with Crippen LogP contribution in [0.1, 0.15) is 12.8 Å². The number of hydrogen-bond donors (Lipinski definition) is 2. The van der Waals surface area contributed by atoms with E-state index in [1.54, 1.807) is 31.4 Å². The Labute approximate surface area is 135 Å². The maximum Gasteiger partial charge on any atom is 0.323 e. The third kappa shape index (κ3) is 5.45. The highest BCUT2D eigenvalue weighted by Crippen LogP contribution is 2.19. The summed E-state index contributed by atoms with van der Waals surface area (Å²) >= 11 is 0. The van der Waals surface area contributed by atoms with Gasteiger partial charge in [0.25, 0.3) is 0 Å². The van der Waals surface area contributed by atoms with E-state index in [9.17, 15) is 9.59 Å². The number of carboxylic acids is 1. The summed E-state index contributed by atoms with van der Waals surface area (Å²) in [6.45, 7) is 0.922. The molecule has 0 radical (unpaired) electrons. The van der Waals surface area contributed by atoms with Crippen LogP contribution in [0, 0.1) is 0 Å². The fourth-order valence-electron chi connectivity index (χ4n) is 2.46. The number of anilines is 1. The number of methoxy groups -OCH3 is 1. The summed E-state index contributed by atoms with van der Waals surface area (Å²) in [5.74, 6) is -0.544. The molecule has 1 aliphatic heterocycles. The van der Waals surface area contributed by atoms with Crippen molar-refractivity contribution in [1.82, 2.24) is 5.32 Å². The van der Waals surface area contributed by atoms with Gasteiger partial charge in [-0.3, -0.25) is 9.59 Å². The first-order valence-electron chi connectivity index (χ1n) is 7.57. The van der Waals surface area contributed by atoms with Gasteiger partial charge in [0.15, 0.2) is 0 Å². The van der Waals surface area contributed by atoms with Gasteiger partial charge in [0.1, 0.15) is 12.3 Å². The van der Waals surface area contributed by atoms with Crippen LogP contribution in [-0.4, -0.2) is 56.4 Å². The molecule has 1 aromatic rings. The smallest absolute Gasteiger partial charge is 0.323 e. The minimum absolute atomic E-state index is 0.0225. The first-order valence-corrected chi connectivity index (χ1v) is 7.57. The number of carbonyl (C=O) groups is 2. The normalized spacial score (nSPS) is 16.8. The van der Waals surface area contributed by atoms with Crippen molar-refractivity contribution < 1.29 is 24.2 Å². The van der Waals surface area contributed by atoms with Crippen molar-refractivity contribution >= 4 is 17.6 Å². The van der Waals surface area contributed by atoms with Gasteiger partial charge in [0.05, 0.1) is 19.8 Å². The van der Waals surface area contributed by atoms with Gasteiger partial charge in [0.2, 0.25) is 5.91 Å². The fraction of sp³-hybridized carbons (Fsp3) is 0.500. The highest BCUT2D eigenvalue weighted by Gasteiger charge is 2.18. The van der Waals surface area contributed by atoms with Crippen molar-refractivity contribution in [3.8, 4) is 5.75 Å². The predicted octanol–water partition coefficient (Wildman–Crippen LogP) is 0.881. The Bertz CT molecular complexity index is 526. The van der Waals surface area contributed by atoms with E-state index in [1.807, 2.05) is 0 Å². The SMILES string of the molecule is COc1ccc(N(CC(=O)O)CC(=O)NC[C@H]2CCCO2)cc1. The first-order chi connectivity index (χ1) is 11.1. The van der Waals surface area contributed by atoms with Crippen LogP contribution in [0.4, 0.5) is 5.69 Å². The molecular weight excluding hydrogens is 300 g/mol. The number of nitrogens with one attached hydrogen (secondary N) is 1. The summed E-state index contributed by atoms with van der Waals surface area (Å²) in [5, 5.41) is 11.8. The third-order valence-electron chi connectivity index (χ3n) is 3.65. The number of rotatable bonds is 8. The third-order valence-corrected chi connectivity index (χ3v) is 3.65. The fourth-order valence-corrected chi connectivity index (χ4v) is 2.46. The summed E-state index contributed by atoms with van der Waals surface area (Å²) in [6.07, 6.45) is 2.02. The lowest BCUT2D eigenvalue weighted by Crippen LogP contribution is -2.42. The maximum absolute atomic E-state index is 12.1. The Kier molecular flexibility index (Phi) is 6.22. The molecule has 1 aliphatic rings. The van der Waals surface area contributed by atoms with Crippen molar-refractivity contribution in [3.05, 3.63) is 24.3 Å². The van der Waals surface area contributed by atoms with E-state index in [-0.39, 0.29) is 25.1 Å². The van der Waals surface area contributed by atoms with E-state index in [0.29, 0.717) is 18.0 Å². The highest BCUT2D eigenvalue weighted by atomic mass is 16.5. The van der Waals surface area contributed by atoms with E-state index >= 15 is 0 Å². The van der Waals surface area contributed by atoms with E-state index in [4.69, 9.17) is 14.6 Å². The Morgan fingerprint density at radius 2 is 2.09 bits per heavy atom. The van der Waals surface area contributed by atoms with Crippen molar-refractivity contribution in [1.29, 1.82) is 0 Å². The van der Waals surface area contributed by atoms with E-state index in [1.165, 1.54) is 4.90 Å². The van der Waals surface area contributed by atoms with Crippen LogP contribution in [0.2, 0.25) is 0 Å². The molecule has 2 N–H and O–H groups in total.